The van der Waals surface area contributed by atoms with Gasteiger partial charge >= 0.3 is 0 Å². The molecule has 5 heteroatoms. The van der Waals surface area contributed by atoms with Crippen LogP contribution in [0.15, 0.2) is 30.3 Å². The maximum Gasteiger partial charge on any atom is 0.218 e. The Hall–Kier alpha value is -1.38. The Bertz CT molecular complexity index is 526. The van der Waals surface area contributed by atoms with E-state index < -0.39 is 10.0 Å². The second kappa shape index (κ2) is 5.51. The molecule has 0 atom stereocenters. The quantitative estimate of drug-likeness (QED) is 0.835. The van der Waals surface area contributed by atoms with E-state index in [0.717, 1.165) is 5.56 Å². The summed E-state index contributed by atoms with van der Waals surface area (Å²) in [5.74, 6) is 0.0543. The van der Waals surface area contributed by atoms with E-state index in [1.165, 1.54) is 4.31 Å². The molecule has 1 heterocycles. The third-order valence-electron chi connectivity index (χ3n) is 3.22. The molecule has 0 aromatic heterocycles. The molecule has 1 saturated heterocycles. The monoisotopic (exact) mass is 264 g/mol. The SMILES string of the molecule is N#CC1CCN(S(=O)(=O)Cc2ccccc2)CC1. The fourth-order valence-electron chi connectivity index (χ4n) is 2.14. The molecule has 1 aromatic carbocycles. The molecule has 0 radical (unpaired) electrons. The first-order chi connectivity index (χ1) is 8.62. The highest BCUT2D eigenvalue weighted by atomic mass is 32.2. The molecule has 1 fully saturated rings. The average Bonchev–Trinajstić information content (AvgIpc) is 2.39. The second-order valence-corrected chi connectivity index (χ2v) is 6.51. The summed E-state index contributed by atoms with van der Waals surface area (Å²) in [6.45, 7) is 0.931. The Morgan fingerprint density at radius 3 is 2.39 bits per heavy atom. The molecule has 0 aliphatic carbocycles. The fourth-order valence-corrected chi connectivity index (χ4v) is 3.70. The Morgan fingerprint density at radius 1 is 1.22 bits per heavy atom. The first kappa shape index (κ1) is 13.1. The number of benzene rings is 1. The van der Waals surface area contributed by atoms with Crippen LogP contribution in [0.5, 0.6) is 0 Å². The smallest absolute Gasteiger partial charge is 0.212 e. The largest absolute Gasteiger partial charge is 0.218 e. The number of rotatable bonds is 3. The summed E-state index contributed by atoms with van der Waals surface area (Å²) in [5, 5.41) is 8.80. The zero-order valence-corrected chi connectivity index (χ0v) is 10.9. The number of sulfonamides is 1. The van der Waals surface area contributed by atoms with Gasteiger partial charge in [-0.2, -0.15) is 5.26 Å². The minimum Gasteiger partial charge on any atom is -0.212 e. The van der Waals surface area contributed by atoms with Crippen LogP contribution < -0.4 is 0 Å². The van der Waals surface area contributed by atoms with E-state index in [-0.39, 0.29) is 11.7 Å². The molecule has 0 bridgehead atoms. The summed E-state index contributed by atoms with van der Waals surface area (Å²) in [7, 11) is -3.24. The van der Waals surface area contributed by atoms with E-state index in [1.807, 2.05) is 30.3 Å². The molecule has 4 nitrogen and oxygen atoms in total. The van der Waals surface area contributed by atoms with Crippen LogP contribution in [0.1, 0.15) is 18.4 Å². The van der Waals surface area contributed by atoms with Crippen molar-refractivity contribution in [3.05, 3.63) is 35.9 Å². The van der Waals surface area contributed by atoms with Gasteiger partial charge in [0.05, 0.1) is 11.8 Å². The minimum atomic E-state index is -3.24. The molecular weight excluding hydrogens is 248 g/mol. The van der Waals surface area contributed by atoms with Gasteiger partial charge in [0.2, 0.25) is 10.0 Å². The van der Waals surface area contributed by atoms with Crippen LogP contribution in [-0.4, -0.2) is 25.8 Å². The highest BCUT2D eigenvalue weighted by Crippen LogP contribution is 2.20. The Balaban J connectivity index is 2.02. The van der Waals surface area contributed by atoms with E-state index in [9.17, 15) is 8.42 Å². The number of nitrogens with zero attached hydrogens (tertiary/aromatic N) is 2. The first-order valence-corrected chi connectivity index (χ1v) is 7.64. The van der Waals surface area contributed by atoms with Crippen molar-refractivity contribution in [1.82, 2.24) is 4.31 Å². The van der Waals surface area contributed by atoms with E-state index in [2.05, 4.69) is 6.07 Å². The average molecular weight is 264 g/mol. The van der Waals surface area contributed by atoms with Gasteiger partial charge in [-0.3, -0.25) is 0 Å². The molecule has 18 heavy (non-hydrogen) atoms. The van der Waals surface area contributed by atoms with Crippen LogP contribution in [0.2, 0.25) is 0 Å². The predicted octanol–water partition coefficient (Wildman–Crippen LogP) is 1.75. The Kier molecular flexibility index (Phi) is 4.00. The maximum absolute atomic E-state index is 12.2. The predicted molar refractivity (Wildman–Crippen MR) is 69.0 cm³/mol. The normalized spacial score (nSPS) is 18.4. The van der Waals surface area contributed by atoms with Crippen LogP contribution in [0.4, 0.5) is 0 Å². The molecule has 0 spiro atoms. The summed E-state index contributed by atoms with van der Waals surface area (Å²) >= 11 is 0. The maximum atomic E-state index is 12.2. The second-order valence-electron chi connectivity index (χ2n) is 4.54. The molecule has 1 aromatic rings. The van der Waals surface area contributed by atoms with Crippen molar-refractivity contribution in [2.24, 2.45) is 5.92 Å². The third kappa shape index (κ3) is 3.09. The number of piperidine rings is 1. The van der Waals surface area contributed by atoms with Gasteiger partial charge in [0.25, 0.3) is 0 Å². The van der Waals surface area contributed by atoms with E-state index in [4.69, 9.17) is 5.26 Å². The fraction of sp³-hybridized carbons (Fsp3) is 0.462. The van der Waals surface area contributed by atoms with E-state index >= 15 is 0 Å². The molecular formula is C13H16N2O2S. The van der Waals surface area contributed by atoms with Crippen LogP contribution in [0, 0.1) is 17.2 Å². The van der Waals surface area contributed by atoms with Crippen LogP contribution in [-0.2, 0) is 15.8 Å². The highest BCUT2D eigenvalue weighted by Gasteiger charge is 2.27. The Morgan fingerprint density at radius 2 is 1.83 bits per heavy atom. The zero-order valence-electron chi connectivity index (χ0n) is 10.1. The van der Waals surface area contributed by atoms with Gasteiger partial charge in [-0.25, -0.2) is 12.7 Å². The van der Waals surface area contributed by atoms with Gasteiger partial charge in [-0.15, -0.1) is 0 Å². The Labute approximate surface area is 108 Å². The lowest BCUT2D eigenvalue weighted by Crippen LogP contribution is -2.38. The van der Waals surface area contributed by atoms with Crippen LogP contribution >= 0.6 is 0 Å². The molecule has 1 aliphatic heterocycles. The van der Waals surface area contributed by atoms with Crippen LogP contribution in [0.3, 0.4) is 0 Å². The van der Waals surface area contributed by atoms with Crippen molar-refractivity contribution in [3.63, 3.8) is 0 Å². The van der Waals surface area contributed by atoms with E-state index in [0.29, 0.717) is 25.9 Å². The molecule has 1 aliphatic rings. The topological polar surface area (TPSA) is 61.2 Å². The highest BCUT2D eigenvalue weighted by molar-refractivity contribution is 7.88. The van der Waals surface area contributed by atoms with Crippen molar-refractivity contribution in [2.75, 3.05) is 13.1 Å². The lowest BCUT2D eigenvalue weighted by molar-refractivity contribution is 0.309. The van der Waals surface area contributed by atoms with Crippen molar-refractivity contribution in [2.45, 2.75) is 18.6 Å². The van der Waals surface area contributed by atoms with Gasteiger partial charge in [0.15, 0.2) is 0 Å². The first-order valence-electron chi connectivity index (χ1n) is 6.03. The lowest BCUT2D eigenvalue weighted by atomic mass is 10.0. The van der Waals surface area contributed by atoms with Gasteiger partial charge in [-0.1, -0.05) is 30.3 Å². The molecule has 0 N–H and O–H groups in total. The third-order valence-corrected chi connectivity index (χ3v) is 5.07. The van der Waals surface area contributed by atoms with Gasteiger partial charge in [0, 0.05) is 19.0 Å². The van der Waals surface area contributed by atoms with Crippen LogP contribution in [0.25, 0.3) is 0 Å². The van der Waals surface area contributed by atoms with Gasteiger partial charge < -0.3 is 0 Å². The zero-order chi connectivity index (χ0) is 13.0. The summed E-state index contributed by atoms with van der Waals surface area (Å²) < 4.78 is 25.9. The molecule has 0 amide bonds. The van der Waals surface area contributed by atoms with Gasteiger partial charge in [-0.05, 0) is 18.4 Å². The van der Waals surface area contributed by atoms with Crippen molar-refractivity contribution in [3.8, 4) is 6.07 Å². The molecule has 96 valence electrons. The summed E-state index contributed by atoms with van der Waals surface area (Å²) in [6.07, 6.45) is 1.29. The summed E-state index contributed by atoms with van der Waals surface area (Å²) in [4.78, 5) is 0. The number of nitriles is 1. The molecule has 0 unspecified atom stereocenters. The number of hydrogen-bond acceptors (Lipinski definition) is 3. The van der Waals surface area contributed by atoms with Gasteiger partial charge in [0.1, 0.15) is 0 Å². The standard InChI is InChI=1S/C13H16N2O2S/c14-10-12-6-8-15(9-7-12)18(16,17)11-13-4-2-1-3-5-13/h1-5,12H,6-9,11H2. The van der Waals surface area contributed by atoms with Crippen molar-refractivity contribution in [1.29, 1.82) is 5.26 Å². The molecule has 0 saturated carbocycles. The number of hydrogen-bond donors (Lipinski definition) is 0. The summed E-state index contributed by atoms with van der Waals surface area (Å²) in [6, 6.07) is 11.4. The lowest BCUT2D eigenvalue weighted by Gasteiger charge is -2.28. The summed E-state index contributed by atoms with van der Waals surface area (Å²) in [5.41, 5.74) is 0.805. The molecule has 2 rings (SSSR count). The van der Waals surface area contributed by atoms with E-state index in [1.54, 1.807) is 0 Å². The van der Waals surface area contributed by atoms with Crippen molar-refractivity contribution < 1.29 is 8.42 Å². The van der Waals surface area contributed by atoms with Crippen molar-refractivity contribution >= 4 is 10.0 Å². The minimum absolute atomic E-state index is 0.00757.